The van der Waals surface area contributed by atoms with Crippen LogP contribution in [0.4, 0.5) is 0 Å². The summed E-state index contributed by atoms with van der Waals surface area (Å²) in [5.41, 5.74) is 6.11. The highest BCUT2D eigenvalue weighted by Gasteiger charge is 2.26. The highest BCUT2D eigenvalue weighted by atomic mass is 16.5. The Labute approximate surface area is 124 Å². The molecule has 0 radical (unpaired) electrons. The maximum absolute atomic E-state index is 12.6. The van der Waals surface area contributed by atoms with Crippen LogP contribution in [0.25, 0.3) is 0 Å². The van der Waals surface area contributed by atoms with Crippen molar-refractivity contribution in [3.05, 3.63) is 23.8 Å². The number of piperidine rings is 1. The number of methoxy groups -OCH3 is 2. The minimum atomic E-state index is -0.0677. The van der Waals surface area contributed by atoms with Gasteiger partial charge in [0, 0.05) is 24.6 Å². The van der Waals surface area contributed by atoms with Gasteiger partial charge >= 0.3 is 0 Å². The fraction of sp³-hybridized carbons (Fsp3) is 0.467. The van der Waals surface area contributed by atoms with Gasteiger partial charge in [0.05, 0.1) is 20.1 Å². The lowest BCUT2D eigenvalue weighted by Gasteiger charge is -2.32. The number of carbonyl (C=O) groups is 1. The van der Waals surface area contributed by atoms with Crippen LogP contribution in [-0.4, -0.2) is 44.0 Å². The second-order valence-corrected chi connectivity index (χ2v) is 5.12. The third kappa shape index (κ3) is 3.26. The van der Waals surface area contributed by atoms with Crippen LogP contribution in [0.3, 0.4) is 0 Å². The molecule has 0 aromatic heterocycles. The molecule has 1 aromatic rings. The Bertz CT molecular complexity index is 545. The van der Waals surface area contributed by atoms with Crippen LogP contribution in [0.5, 0.6) is 11.5 Å². The number of hydrogen-bond acceptors (Lipinski definition) is 4. The fourth-order valence-corrected chi connectivity index (χ4v) is 2.57. The molecule has 2 rings (SSSR count). The number of likely N-dealkylation sites (tertiary alicyclic amines) is 1. The number of ether oxygens (including phenoxy) is 2. The first-order chi connectivity index (χ1) is 10.1. The van der Waals surface area contributed by atoms with Gasteiger partial charge in [0.25, 0.3) is 5.91 Å². The predicted octanol–water partition coefficient (Wildman–Crippen LogP) is 1.49. The summed E-state index contributed by atoms with van der Waals surface area (Å²) in [6.07, 6.45) is 1.73. The van der Waals surface area contributed by atoms with Crippen molar-refractivity contribution in [2.45, 2.75) is 12.8 Å². The van der Waals surface area contributed by atoms with Gasteiger partial charge in [-0.1, -0.05) is 0 Å². The molecule has 1 aliphatic rings. The Morgan fingerprint density at radius 3 is 2.67 bits per heavy atom. The number of hydrogen-bond donors (Lipinski definition) is 2. The lowest BCUT2D eigenvalue weighted by Crippen LogP contribution is -2.43. The van der Waals surface area contributed by atoms with Gasteiger partial charge < -0.3 is 20.1 Å². The van der Waals surface area contributed by atoms with Crippen molar-refractivity contribution in [2.24, 2.45) is 11.7 Å². The summed E-state index contributed by atoms with van der Waals surface area (Å²) in [7, 11) is 3.10. The largest absolute Gasteiger partial charge is 0.493 e. The molecule has 1 atom stereocenters. The van der Waals surface area contributed by atoms with Crippen LogP contribution in [0.2, 0.25) is 0 Å². The molecule has 6 heteroatoms. The van der Waals surface area contributed by atoms with Crippen LogP contribution in [0.15, 0.2) is 18.2 Å². The zero-order valence-corrected chi connectivity index (χ0v) is 12.4. The van der Waals surface area contributed by atoms with Crippen LogP contribution >= 0.6 is 0 Å². The highest BCUT2D eigenvalue weighted by Crippen LogP contribution is 2.28. The zero-order valence-electron chi connectivity index (χ0n) is 12.4. The van der Waals surface area contributed by atoms with Gasteiger partial charge in [-0.15, -0.1) is 0 Å². The molecule has 1 amide bonds. The number of amides is 1. The third-order valence-corrected chi connectivity index (χ3v) is 3.78. The van der Waals surface area contributed by atoms with E-state index in [9.17, 15) is 4.79 Å². The van der Waals surface area contributed by atoms with Gasteiger partial charge in [-0.2, -0.15) is 0 Å². The average Bonchev–Trinajstić information content (AvgIpc) is 2.53. The molecular formula is C15H21N3O3. The molecule has 0 saturated carbocycles. The number of nitrogens with zero attached hydrogens (tertiary/aromatic N) is 1. The smallest absolute Gasteiger partial charge is 0.254 e. The number of nitrogens with one attached hydrogen (secondary N) is 1. The molecule has 0 bridgehead atoms. The van der Waals surface area contributed by atoms with Crippen LogP contribution in [0.1, 0.15) is 23.2 Å². The Hall–Kier alpha value is -2.24. The fourth-order valence-electron chi connectivity index (χ4n) is 2.57. The van der Waals surface area contributed by atoms with E-state index in [1.54, 1.807) is 37.3 Å². The molecule has 1 unspecified atom stereocenters. The first-order valence-corrected chi connectivity index (χ1v) is 6.92. The van der Waals surface area contributed by atoms with E-state index in [4.69, 9.17) is 20.6 Å². The van der Waals surface area contributed by atoms with Crippen LogP contribution < -0.4 is 15.2 Å². The maximum atomic E-state index is 12.6. The van der Waals surface area contributed by atoms with Gasteiger partial charge in [0.1, 0.15) is 0 Å². The second-order valence-electron chi connectivity index (χ2n) is 5.12. The van der Waals surface area contributed by atoms with E-state index in [1.165, 1.54) is 0 Å². The van der Waals surface area contributed by atoms with Gasteiger partial charge in [-0.25, -0.2) is 0 Å². The van der Waals surface area contributed by atoms with Crippen molar-refractivity contribution in [1.82, 2.24) is 4.90 Å². The summed E-state index contributed by atoms with van der Waals surface area (Å²) in [6.45, 7) is 1.19. The Morgan fingerprint density at radius 1 is 1.33 bits per heavy atom. The topological polar surface area (TPSA) is 88.6 Å². The number of benzene rings is 1. The van der Waals surface area contributed by atoms with Crippen LogP contribution in [-0.2, 0) is 0 Å². The summed E-state index contributed by atoms with van der Waals surface area (Å²) in [4.78, 5) is 14.3. The second kappa shape index (κ2) is 6.47. The summed E-state index contributed by atoms with van der Waals surface area (Å²) in [6, 6.07) is 5.12. The van der Waals surface area contributed by atoms with Crippen molar-refractivity contribution < 1.29 is 14.3 Å². The molecular weight excluding hydrogens is 270 g/mol. The number of nitrogens with two attached hydrogens (primary N) is 1. The lowest BCUT2D eigenvalue weighted by atomic mass is 9.96. The SMILES string of the molecule is COc1ccc(C(=O)N2CCCC(C(=N)N)C2)cc1OC. The lowest BCUT2D eigenvalue weighted by molar-refractivity contribution is 0.0702. The predicted molar refractivity (Wildman–Crippen MR) is 80.1 cm³/mol. The van der Waals surface area contributed by atoms with Crippen molar-refractivity contribution >= 4 is 11.7 Å². The first kappa shape index (κ1) is 15.2. The Morgan fingerprint density at radius 2 is 2.05 bits per heavy atom. The first-order valence-electron chi connectivity index (χ1n) is 6.92. The standard InChI is InChI=1S/C15H21N3O3/c1-20-12-6-5-10(8-13(12)21-2)15(19)18-7-3-4-11(9-18)14(16)17/h5-6,8,11H,3-4,7,9H2,1-2H3,(H3,16,17). The number of rotatable bonds is 4. The molecule has 1 aliphatic heterocycles. The quantitative estimate of drug-likeness (QED) is 0.650. The Balaban J connectivity index is 2.17. The third-order valence-electron chi connectivity index (χ3n) is 3.78. The van der Waals surface area contributed by atoms with Crippen molar-refractivity contribution in [3.63, 3.8) is 0 Å². The minimum Gasteiger partial charge on any atom is -0.493 e. The molecule has 21 heavy (non-hydrogen) atoms. The molecule has 1 fully saturated rings. The molecule has 1 aromatic carbocycles. The summed E-state index contributed by atoms with van der Waals surface area (Å²) in [5.74, 6) is 1.17. The van der Waals surface area contributed by atoms with E-state index in [-0.39, 0.29) is 17.7 Å². The van der Waals surface area contributed by atoms with Gasteiger partial charge in [0.15, 0.2) is 11.5 Å². The summed E-state index contributed by atoms with van der Waals surface area (Å²) < 4.78 is 10.4. The van der Waals surface area contributed by atoms with Gasteiger partial charge in [-0.3, -0.25) is 10.2 Å². The Kier molecular flexibility index (Phi) is 4.67. The molecule has 1 heterocycles. The minimum absolute atomic E-state index is 0.0390. The van der Waals surface area contributed by atoms with E-state index < -0.39 is 0 Å². The normalized spacial score (nSPS) is 18.2. The van der Waals surface area contributed by atoms with Gasteiger partial charge in [0.2, 0.25) is 0 Å². The van der Waals surface area contributed by atoms with E-state index >= 15 is 0 Å². The average molecular weight is 291 g/mol. The summed E-state index contributed by atoms with van der Waals surface area (Å²) >= 11 is 0. The zero-order chi connectivity index (χ0) is 15.4. The van der Waals surface area contributed by atoms with Crippen molar-refractivity contribution in [3.8, 4) is 11.5 Å². The maximum Gasteiger partial charge on any atom is 0.254 e. The molecule has 1 saturated heterocycles. The molecule has 6 nitrogen and oxygen atoms in total. The van der Waals surface area contributed by atoms with E-state index in [1.807, 2.05) is 0 Å². The monoisotopic (exact) mass is 291 g/mol. The van der Waals surface area contributed by atoms with Crippen molar-refractivity contribution in [1.29, 1.82) is 5.41 Å². The van der Waals surface area contributed by atoms with Gasteiger partial charge in [-0.05, 0) is 31.0 Å². The number of carbonyl (C=O) groups excluding carboxylic acids is 1. The summed E-state index contributed by atoms with van der Waals surface area (Å²) in [5, 5.41) is 7.54. The highest BCUT2D eigenvalue weighted by molar-refractivity contribution is 5.95. The van der Waals surface area contributed by atoms with Crippen LogP contribution in [0, 0.1) is 11.3 Å². The molecule has 114 valence electrons. The van der Waals surface area contributed by atoms with E-state index in [2.05, 4.69) is 0 Å². The van der Waals surface area contributed by atoms with E-state index in [0.717, 1.165) is 12.8 Å². The van der Waals surface area contributed by atoms with Crippen molar-refractivity contribution in [2.75, 3.05) is 27.3 Å². The molecule has 0 aliphatic carbocycles. The van der Waals surface area contributed by atoms with E-state index in [0.29, 0.717) is 30.2 Å². The molecule has 3 N–H and O–H groups in total. The molecule has 0 spiro atoms. The number of amidine groups is 1.